The minimum absolute atomic E-state index is 0.0288. The zero-order valence-corrected chi connectivity index (χ0v) is 19.0. The Morgan fingerprint density at radius 2 is 1.56 bits per heavy atom. The summed E-state index contributed by atoms with van der Waals surface area (Å²) in [6, 6.07) is 18.5. The third-order valence-corrected chi connectivity index (χ3v) is 6.83. The topological polar surface area (TPSA) is 70.7 Å². The molecule has 6 nitrogen and oxygen atoms in total. The number of alkyl carbamates (subject to hydrolysis) is 1. The van der Waals surface area contributed by atoms with Gasteiger partial charge in [0.05, 0.1) is 11.6 Å². The highest BCUT2D eigenvalue weighted by atomic mass is 16.6. The fourth-order valence-corrected chi connectivity index (χ4v) is 5.65. The van der Waals surface area contributed by atoms with Crippen molar-refractivity contribution >= 4 is 12.1 Å². The third kappa shape index (κ3) is 3.72. The van der Waals surface area contributed by atoms with Crippen LogP contribution in [0.2, 0.25) is 0 Å². The lowest BCUT2D eigenvalue weighted by Gasteiger charge is -2.70. The smallest absolute Gasteiger partial charge is 0.408 e. The number of fused-ring (bicyclic) bond motifs is 1. The maximum Gasteiger partial charge on any atom is 0.408 e. The molecule has 2 aromatic carbocycles. The van der Waals surface area contributed by atoms with Gasteiger partial charge in [-0.1, -0.05) is 54.6 Å². The molecule has 6 heteroatoms. The number of urea groups is 1. The molecule has 2 N–H and O–H groups in total. The summed E-state index contributed by atoms with van der Waals surface area (Å²) >= 11 is 0. The molecule has 6 rings (SSSR count). The van der Waals surface area contributed by atoms with Crippen LogP contribution in [0.25, 0.3) is 0 Å². The van der Waals surface area contributed by atoms with Gasteiger partial charge >= 0.3 is 12.1 Å². The van der Waals surface area contributed by atoms with Crippen LogP contribution < -0.4 is 10.6 Å². The lowest BCUT2D eigenvalue weighted by atomic mass is 9.44. The van der Waals surface area contributed by atoms with Gasteiger partial charge in [0, 0.05) is 12.1 Å². The molecule has 1 atom stereocenters. The molecule has 1 aliphatic heterocycles. The number of rotatable bonds is 3. The fraction of sp³-hybridized carbons (Fsp3) is 0.462. The zero-order chi connectivity index (χ0) is 22.6. The molecule has 0 spiro atoms. The van der Waals surface area contributed by atoms with E-state index in [1.165, 1.54) is 11.1 Å². The molecule has 3 amide bonds. The SMILES string of the molecule is CC(C)(C)OC(=O)NC12CC(NC(=O)N3CCc4ccccc4[C@@H]3c3ccccc3)(C1)C2. The lowest BCUT2D eigenvalue weighted by Crippen LogP contribution is -2.84. The van der Waals surface area contributed by atoms with Crippen molar-refractivity contribution in [3.63, 3.8) is 0 Å². The Hall–Kier alpha value is -3.02. The molecule has 3 saturated carbocycles. The van der Waals surface area contributed by atoms with Crippen molar-refractivity contribution in [1.82, 2.24) is 15.5 Å². The Bertz CT molecular complexity index is 1020. The third-order valence-electron chi connectivity index (χ3n) is 6.83. The van der Waals surface area contributed by atoms with Gasteiger partial charge in [-0.3, -0.25) is 0 Å². The minimum atomic E-state index is -0.517. The highest BCUT2D eigenvalue weighted by Crippen LogP contribution is 2.60. The van der Waals surface area contributed by atoms with E-state index in [1.54, 1.807) is 0 Å². The molecule has 0 saturated heterocycles. The Labute approximate surface area is 189 Å². The van der Waals surface area contributed by atoms with Gasteiger partial charge in [0.25, 0.3) is 0 Å². The van der Waals surface area contributed by atoms with Gasteiger partial charge in [0.2, 0.25) is 0 Å². The molecule has 3 fully saturated rings. The number of carbonyl (C=O) groups is 2. The van der Waals surface area contributed by atoms with Crippen molar-refractivity contribution in [3.05, 3.63) is 71.3 Å². The van der Waals surface area contributed by atoms with Crippen LogP contribution in [0.4, 0.5) is 9.59 Å². The second-order valence-electron chi connectivity index (χ2n) is 10.6. The molecule has 32 heavy (non-hydrogen) atoms. The molecule has 0 radical (unpaired) electrons. The summed E-state index contributed by atoms with van der Waals surface area (Å²) in [6.45, 7) is 6.25. The summed E-state index contributed by atoms with van der Waals surface area (Å²) in [5.41, 5.74) is 2.65. The predicted octanol–water partition coefficient (Wildman–Crippen LogP) is 4.54. The maximum absolute atomic E-state index is 13.4. The molecular formula is C26H31N3O3. The van der Waals surface area contributed by atoms with Crippen molar-refractivity contribution in [2.75, 3.05) is 6.54 Å². The number of hydrogen-bond acceptors (Lipinski definition) is 3. The average Bonchev–Trinajstić information content (AvgIpc) is 2.69. The predicted molar refractivity (Wildman–Crippen MR) is 122 cm³/mol. The Morgan fingerprint density at radius 1 is 0.938 bits per heavy atom. The number of nitrogens with one attached hydrogen (secondary N) is 2. The van der Waals surface area contributed by atoms with Gasteiger partial charge in [-0.25, -0.2) is 9.59 Å². The molecule has 3 aliphatic carbocycles. The number of ether oxygens (including phenoxy) is 1. The van der Waals surface area contributed by atoms with Crippen molar-refractivity contribution in [3.8, 4) is 0 Å². The largest absolute Gasteiger partial charge is 0.444 e. The first-order valence-corrected chi connectivity index (χ1v) is 11.4. The van der Waals surface area contributed by atoms with Crippen LogP contribution in [0.3, 0.4) is 0 Å². The molecule has 1 heterocycles. The second-order valence-corrected chi connectivity index (χ2v) is 10.6. The van der Waals surface area contributed by atoms with Crippen LogP contribution >= 0.6 is 0 Å². The fourth-order valence-electron chi connectivity index (χ4n) is 5.65. The first kappa shape index (κ1) is 20.9. The van der Waals surface area contributed by atoms with E-state index in [2.05, 4.69) is 41.0 Å². The molecule has 4 aliphatic rings. The van der Waals surface area contributed by atoms with Gasteiger partial charge in [-0.15, -0.1) is 0 Å². The number of amides is 3. The molecule has 0 unspecified atom stereocenters. The monoisotopic (exact) mass is 433 g/mol. The van der Waals surface area contributed by atoms with Crippen molar-refractivity contribution in [1.29, 1.82) is 0 Å². The summed E-state index contributed by atoms with van der Waals surface area (Å²) < 4.78 is 5.39. The highest BCUT2D eigenvalue weighted by Gasteiger charge is 2.70. The van der Waals surface area contributed by atoms with Crippen molar-refractivity contribution in [2.45, 2.75) is 69.2 Å². The normalized spacial score (nSPS) is 28.0. The summed E-state index contributed by atoms with van der Waals surface area (Å²) in [7, 11) is 0. The van der Waals surface area contributed by atoms with E-state index in [9.17, 15) is 9.59 Å². The number of nitrogens with zero attached hydrogens (tertiary/aromatic N) is 1. The first-order chi connectivity index (χ1) is 15.2. The number of benzene rings is 2. The van der Waals surface area contributed by atoms with Crippen molar-refractivity contribution in [2.24, 2.45) is 0 Å². The lowest BCUT2D eigenvalue weighted by molar-refractivity contribution is -0.0976. The van der Waals surface area contributed by atoms with E-state index in [0.29, 0.717) is 6.54 Å². The van der Waals surface area contributed by atoms with E-state index in [-0.39, 0.29) is 29.2 Å². The van der Waals surface area contributed by atoms with Gasteiger partial charge in [-0.2, -0.15) is 0 Å². The van der Waals surface area contributed by atoms with Gasteiger partial charge < -0.3 is 20.3 Å². The quantitative estimate of drug-likeness (QED) is 0.746. The Kier molecular flexibility index (Phi) is 4.73. The molecular weight excluding hydrogens is 402 g/mol. The van der Waals surface area contributed by atoms with Gasteiger partial charge in [0.1, 0.15) is 5.60 Å². The molecule has 2 aromatic rings. The van der Waals surface area contributed by atoms with Gasteiger partial charge in [0.15, 0.2) is 0 Å². The number of carbonyl (C=O) groups excluding carboxylic acids is 2. The van der Waals surface area contributed by atoms with Crippen LogP contribution in [-0.4, -0.2) is 40.2 Å². The van der Waals surface area contributed by atoms with Crippen LogP contribution in [0.15, 0.2) is 54.6 Å². The Morgan fingerprint density at radius 3 is 2.25 bits per heavy atom. The molecule has 0 aromatic heterocycles. The van der Waals surface area contributed by atoms with E-state index < -0.39 is 5.60 Å². The number of hydrogen-bond donors (Lipinski definition) is 2. The molecule has 2 bridgehead atoms. The van der Waals surface area contributed by atoms with Crippen molar-refractivity contribution < 1.29 is 14.3 Å². The Balaban J connectivity index is 1.27. The minimum Gasteiger partial charge on any atom is -0.444 e. The van der Waals surface area contributed by atoms with E-state index in [0.717, 1.165) is 31.2 Å². The summed E-state index contributed by atoms with van der Waals surface area (Å²) in [4.78, 5) is 27.6. The maximum atomic E-state index is 13.4. The average molecular weight is 434 g/mol. The van der Waals surface area contributed by atoms with Crippen LogP contribution in [0.1, 0.15) is 62.8 Å². The summed E-state index contributed by atoms with van der Waals surface area (Å²) in [6.07, 6.45) is 2.74. The second kappa shape index (κ2) is 7.26. The van der Waals surface area contributed by atoms with Gasteiger partial charge in [-0.05, 0) is 63.1 Å². The van der Waals surface area contributed by atoms with E-state index >= 15 is 0 Å². The first-order valence-electron chi connectivity index (χ1n) is 11.4. The summed E-state index contributed by atoms with van der Waals surface area (Å²) in [5, 5.41) is 6.31. The highest BCUT2D eigenvalue weighted by molar-refractivity contribution is 5.78. The van der Waals surface area contributed by atoms with Crippen LogP contribution in [0, 0.1) is 0 Å². The summed E-state index contributed by atoms with van der Waals surface area (Å²) in [5.74, 6) is 0. The van der Waals surface area contributed by atoms with E-state index in [4.69, 9.17) is 4.74 Å². The van der Waals surface area contributed by atoms with Crippen LogP contribution in [-0.2, 0) is 11.2 Å². The zero-order valence-electron chi connectivity index (χ0n) is 19.0. The molecule has 168 valence electrons. The standard InChI is InChI=1S/C26H31N3O3/c1-24(2,3)32-23(31)28-26-15-25(16-26,17-26)27-22(30)29-14-13-18-9-7-8-12-20(18)21(29)19-10-5-4-6-11-19/h4-12,21H,13-17H2,1-3H3,(H,27,30)(H,28,31)/t21-,25?,26?/m0/s1. The van der Waals surface area contributed by atoms with Crippen LogP contribution in [0.5, 0.6) is 0 Å². The van der Waals surface area contributed by atoms with E-state index in [1.807, 2.05) is 49.9 Å².